The molecule has 0 saturated carbocycles. The Morgan fingerprint density at radius 2 is 1.43 bits per heavy atom. The van der Waals surface area contributed by atoms with E-state index < -0.39 is 0 Å². The Labute approximate surface area is 125 Å². The number of Topliss-reactive ketones (excluding diaryl/α,β-unsaturated/α-hetero) is 2. The molecule has 2 nitrogen and oxygen atoms in total. The van der Waals surface area contributed by atoms with E-state index in [0.717, 1.165) is 0 Å². The van der Waals surface area contributed by atoms with Gasteiger partial charge in [0.2, 0.25) is 0 Å². The Balaban J connectivity index is 0.000000232. The minimum absolute atomic E-state index is 0.380. The molecule has 108 valence electrons. The van der Waals surface area contributed by atoms with Crippen molar-refractivity contribution in [2.75, 3.05) is 0 Å². The predicted octanol–water partition coefficient (Wildman–Crippen LogP) is 3.93. The number of carbonyl (C=O) groups excluding carboxylic acids is 2. The molecule has 2 heteroatoms. The second-order valence-electron chi connectivity index (χ2n) is 5.31. The first-order chi connectivity index (χ1) is 10.1. The minimum atomic E-state index is -0.380. The molecule has 0 radical (unpaired) electrons. The van der Waals surface area contributed by atoms with Gasteiger partial charge in [0.1, 0.15) is 0 Å². The lowest BCUT2D eigenvalue weighted by Gasteiger charge is -2.11. The zero-order valence-electron chi connectivity index (χ0n) is 12.5. The smallest absolute Gasteiger partial charge is 0.195 e. The SMILES string of the molecule is CC(=O)C(C)=O.c1ccc(C2CCc3ccccc32)cc1. The van der Waals surface area contributed by atoms with Gasteiger partial charge in [-0.1, -0.05) is 54.6 Å². The number of benzene rings is 2. The van der Waals surface area contributed by atoms with Crippen molar-refractivity contribution in [2.45, 2.75) is 32.6 Å². The topological polar surface area (TPSA) is 34.1 Å². The van der Waals surface area contributed by atoms with Crippen LogP contribution in [0.1, 0.15) is 42.9 Å². The van der Waals surface area contributed by atoms with Crippen LogP contribution in [0.15, 0.2) is 54.6 Å². The fraction of sp³-hybridized carbons (Fsp3) is 0.263. The summed E-state index contributed by atoms with van der Waals surface area (Å²) in [6.45, 7) is 2.50. The zero-order valence-corrected chi connectivity index (χ0v) is 12.5. The maximum Gasteiger partial charge on any atom is 0.195 e. The maximum absolute atomic E-state index is 9.79. The van der Waals surface area contributed by atoms with Crippen molar-refractivity contribution in [3.05, 3.63) is 71.3 Å². The Bertz CT molecular complexity index is 617. The van der Waals surface area contributed by atoms with Crippen molar-refractivity contribution in [1.82, 2.24) is 0 Å². The van der Waals surface area contributed by atoms with Gasteiger partial charge in [-0.3, -0.25) is 9.59 Å². The first kappa shape index (κ1) is 15.2. The van der Waals surface area contributed by atoms with Crippen LogP contribution in [0.4, 0.5) is 0 Å². The molecule has 1 unspecified atom stereocenters. The number of hydrogen-bond acceptors (Lipinski definition) is 2. The molecule has 2 aromatic rings. The molecular weight excluding hydrogens is 260 g/mol. The van der Waals surface area contributed by atoms with Gasteiger partial charge in [-0.15, -0.1) is 0 Å². The van der Waals surface area contributed by atoms with Gasteiger partial charge in [0.25, 0.3) is 0 Å². The molecule has 2 aromatic carbocycles. The zero-order chi connectivity index (χ0) is 15.2. The van der Waals surface area contributed by atoms with Gasteiger partial charge in [0.15, 0.2) is 11.6 Å². The average molecular weight is 280 g/mol. The minimum Gasteiger partial charge on any atom is -0.291 e. The lowest BCUT2D eigenvalue weighted by atomic mass is 9.93. The first-order valence-corrected chi connectivity index (χ1v) is 7.24. The summed E-state index contributed by atoms with van der Waals surface area (Å²) in [6, 6.07) is 19.7. The fourth-order valence-electron chi connectivity index (χ4n) is 2.59. The van der Waals surface area contributed by atoms with Crippen LogP contribution in [0.5, 0.6) is 0 Å². The van der Waals surface area contributed by atoms with Crippen LogP contribution in [0.3, 0.4) is 0 Å². The summed E-state index contributed by atoms with van der Waals surface area (Å²) in [4.78, 5) is 19.6. The van der Waals surface area contributed by atoms with Crippen molar-refractivity contribution >= 4 is 11.6 Å². The Morgan fingerprint density at radius 3 is 2.05 bits per heavy atom. The van der Waals surface area contributed by atoms with Crippen LogP contribution in [0.2, 0.25) is 0 Å². The van der Waals surface area contributed by atoms with Crippen molar-refractivity contribution in [3.63, 3.8) is 0 Å². The van der Waals surface area contributed by atoms with Gasteiger partial charge >= 0.3 is 0 Å². The average Bonchev–Trinajstić information content (AvgIpc) is 2.92. The van der Waals surface area contributed by atoms with Crippen LogP contribution in [0.25, 0.3) is 0 Å². The summed E-state index contributed by atoms with van der Waals surface area (Å²) in [5.74, 6) is -0.132. The third-order valence-corrected chi connectivity index (χ3v) is 3.83. The lowest BCUT2D eigenvalue weighted by Crippen LogP contribution is -2.01. The van der Waals surface area contributed by atoms with Gasteiger partial charge < -0.3 is 0 Å². The highest BCUT2D eigenvalue weighted by molar-refractivity contribution is 6.35. The third kappa shape index (κ3) is 3.88. The van der Waals surface area contributed by atoms with Crippen LogP contribution >= 0.6 is 0 Å². The molecule has 0 aromatic heterocycles. The monoisotopic (exact) mass is 280 g/mol. The van der Waals surface area contributed by atoms with Crippen LogP contribution in [-0.4, -0.2) is 11.6 Å². The molecule has 0 saturated heterocycles. The molecule has 0 bridgehead atoms. The number of rotatable bonds is 2. The number of hydrogen-bond donors (Lipinski definition) is 0. The van der Waals surface area contributed by atoms with Crippen LogP contribution in [-0.2, 0) is 16.0 Å². The van der Waals surface area contributed by atoms with E-state index in [4.69, 9.17) is 0 Å². The summed E-state index contributed by atoms with van der Waals surface area (Å²) >= 11 is 0. The second-order valence-corrected chi connectivity index (χ2v) is 5.31. The standard InChI is InChI=1S/C15H14.C4H6O2/c1-2-6-12(7-3-1)15-11-10-13-8-4-5-9-14(13)15;1-3(5)4(2)6/h1-9,15H,10-11H2;1-2H3. The van der Waals surface area contributed by atoms with Crippen molar-refractivity contribution in [1.29, 1.82) is 0 Å². The second kappa shape index (κ2) is 6.98. The van der Waals surface area contributed by atoms with Gasteiger partial charge in [0.05, 0.1) is 0 Å². The molecule has 0 spiro atoms. The fourth-order valence-corrected chi connectivity index (χ4v) is 2.59. The van der Waals surface area contributed by atoms with Gasteiger partial charge in [-0.2, -0.15) is 0 Å². The van der Waals surface area contributed by atoms with E-state index in [1.165, 1.54) is 43.4 Å². The number of ketones is 2. The predicted molar refractivity (Wildman–Crippen MR) is 84.4 cm³/mol. The largest absolute Gasteiger partial charge is 0.291 e. The van der Waals surface area contributed by atoms with E-state index >= 15 is 0 Å². The summed E-state index contributed by atoms with van der Waals surface area (Å²) in [5, 5.41) is 0. The molecule has 0 heterocycles. The molecule has 3 rings (SSSR count). The number of carbonyl (C=O) groups is 2. The Morgan fingerprint density at radius 1 is 0.857 bits per heavy atom. The molecule has 0 N–H and O–H groups in total. The molecule has 1 aliphatic rings. The summed E-state index contributed by atoms with van der Waals surface area (Å²) in [5.41, 5.74) is 4.53. The molecule has 1 atom stereocenters. The lowest BCUT2D eigenvalue weighted by molar-refractivity contribution is -0.134. The van der Waals surface area contributed by atoms with E-state index in [2.05, 4.69) is 54.6 Å². The highest BCUT2D eigenvalue weighted by atomic mass is 16.2. The number of aryl methyl sites for hydroxylation is 1. The molecular formula is C19H20O2. The molecule has 0 fully saturated rings. The Kier molecular flexibility index (Phi) is 5.04. The van der Waals surface area contributed by atoms with E-state index in [9.17, 15) is 9.59 Å². The highest BCUT2D eigenvalue weighted by Crippen LogP contribution is 2.37. The van der Waals surface area contributed by atoms with E-state index in [-0.39, 0.29) is 11.6 Å². The summed E-state index contributed by atoms with van der Waals surface area (Å²) < 4.78 is 0. The van der Waals surface area contributed by atoms with Gasteiger partial charge in [0, 0.05) is 19.8 Å². The van der Waals surface area contributed by atoms with Crippen LogP contribution in [0, 0.1) is 0 Å². The maximum atomic E-state index is 9.79. The first-order valence-electron chi connectivity index (χ1n) is 7.24. The van der Waals surface area contributed by atoms with Crippen molar-refractivity contribution in [2.24, 2.45) is 0 Å². The van der Waals surface area contributed by atoms with Crippen LogP contribution < -0.4 is 0 Å². The highest BCUT2D eigenvalue weighted by Gasteiger charge is 2.22. The third-order valence-electron chi connectivity index (χ3n) is 3.83. The van der Waals surface area contributed by atoms with Crippen molar-refractivity contribution < 1.29 is 9.59 Å². The quantitative estimate of drug-likeness (QED) is 0.781. The van der Waals surface area contributed by atoms with E-state index in [1.54, 1.807) is 0 Å². The molecule has 0 amide bonds. The molecule has 1 aliphatic carbocycles. The van der Waals surface area contributed by atoms with Crippen molar-refractivity contribution in [3.8, 4) is 0 Å². The normalized spacial score (nSPS) is 15.6. The summed E-state index contributed by atoms with van der Waals surface area (Å²) in [6.07, 6.45) is 2.50. The van der Waals surface area contributed by atoms with E-state index in [0.29, 0.717) is 5.92 Å². The molecule has 21 heavy (non-hydrogen) atoms. The molecule has 0 aliphatic heterocycles. The van der Waals surface area contributed by atoms with Gasteiger partial charge in [-0.05, 0) is 29.5 Å². The summed E-state index contributed by atoms with van der Waals surface area (Å²) in [7, 11) is 0. The number of fused-ring (bicyclic) bond motifs is 1. The van der Waals surface area contributed by atoms with Gasteiger partial charge in [-0.25, -0.2) is 0 Å². The van der Waals surface area contributed by atoms with E-state index in [1.807, 2.05) is 0 Å². The Hall–Kier alpha value is -2.22.